The molecule has 0 spiro atoms. The van der Waals surface area contributed by atoms with Crippen LogP contribution in [0.15, 0.2) is 36.7 Å². The third-order valence-corrected chi connectivity index (χ3v) is 3.58. The molecule has 0 saturated carbocycles. The second-order valence-electron chi connectivity index (χ2n) is 6.14. The Morgan fingerprint density at radius 3 is 2.54 bits per heavy atom. The second-order valence-corrected chi connectivity index (χ2v) is 6.14. The lowest BCUT2D eigenvalue weighted by molar-refractivity contribution is -0.125. The molecule has 1 atom stereocenters. The van der Waals surface area contributed by atoms with E-state index in [1.807, 2.05) is 39.2 Å². The number of carbonyl (C=O) groups excluding carboxylic acids is 2. The van der Waals surface area contributed by atoms with Crippen molar-refractivity contribution >= 4 is 41.3 Å². The zero-order chi connectivity index (χ0) is 18.4. The Labute approximate surface area is 158 Å². The van der Waals surface area contributed by atoms with E-state index in [9.17, 15) is 9.59 Å². The molecule has 26 heavy (non-hydrogen) atoms. The van der Waals surface area contributed by atoms with Gasteiger partial charge in [0.25, 0.3) is 0 Å². The zero-order valence-electron chi connectivity index (χ0n) is 15.0. The molecule has 0 fully saturated rings. The monoisotopic (exact) mass is 380 g/mol. The van der Waals surface area contributed by atoms with Gasteiger partial charge >= 0.3 is 0 Å². The molecule has 0 unspecified atom stereocenters. The van der Waals surface area contributed by atoms with E-state index in [1.165, 1.54) is 0 Å². The number of nitrogens with two attached hydrogens (primary N) is 1. The van der Waals surface area contributed by atoms with Gasteiger partial charge in [-0.3, -0.25) is 14.3 Å². The third-order valence-electron chi connectivity index (χ3n) is 3.58. The van der Waals surface area contributed by atoms with E-state index >= 15 is 0 Å². The first-order valence-electron chi connectivity index (χ1n) is 8.04. The van der Waals surface area contributed by atoms with Crippen LogP contribution in [0.25, 0.3) is 0 Å². The number of anilines is 3. The first kappa shape index (κ1) is 21.5. The maximum absolute atomic E-state index is 12.0. The van der Waals surface area contributed by atoms with Crippen molar-refractivity contribution in [2.24, 2.45) is 18.7 Å². The molecule has 142 valence electrons. The summed E-state index contributed by atoms with van der Waals surface area (Å²) in [6.45, 7) is 3.58. The van der Waals surface area contributed by atoms with Gasteiger partial charge in [0.1, 0.15) is 0 Å². The molecule has 2 rings (SSSR count). The predicted molar refractivity (Wildman–Crippen MR) is 105 cm³/mol. The van der Waals surface area contributed by atoms with Crippen molar-refractivity contribution in [1.29, 1.82) is 0 Å². The van der Waals surface area contributed by atoms with Gasteiger partial charge < -0.3 is 21.7 Å². The Morgan fingerprint density at radius 2 is 1.92 bits per heavy atom. The van der Waals surface area contributed by atoms with E-state index < -0.39 is 6.04 Å². The quantitative estimate of drug-likeness (QED) is 0.582. The van der Waals surface area contributed by atoms with Crippen LogP contribution in [0.1, 0.15) is 13.8 Å². The van der Waals surface area contributed by atoms with Crippen molar-refractivity contribution in [3.63, 3.8) is 0 Å². The largest absolute Gasteiger partial charge is 0.353 e. The highest BCUT2D eigenvalue weighted by atomic mass is 35.5. The van der Waals surface area contributed by atoms with Gasteiger partial charge in [-0.05, 0) is 24.1 Å². The fourth-order valence-corrected chi connectivity index (χ4v) is 2.12. The van der Waals surface area contributed by atoms with Crippen molar-refractivity contribution in [1.82, 2.24) is 15.1 Å². The van der Waals surface area contributed by atoms with E-state index in [2.05, 4.69) is 21.0 Å². The minimum Gasteiger partial charge on any atom is -0.353 e. The molecule has 0 aliphatic rings. The van der Waals surface area contributed by atoms with Crippen LogP contribution in [-0.4, -0.2) is 34.2 Å². The summed E-state index contributed by atoms with van der Waals surface area (Å²) >= 11 is 0. The lowest BCUT2D eigenvalue weighted by atomic mass is 10.1. The van der Waals surface area contributed by atoms with E-state index in [4.69, 9.17) is 5.73 Å². The van der Waals surface area contributed by atoms with Crippen molar-refractivity contribution in [2.75, 3.05) is 17.2 Å². The Balaban J connectivity index is 0.00000338. The summed E-state index contributed by atoms with van der Waals surface area (Å²) in [4.78, 5) is 23.7. The summed E-state index contributed by atoms with van der Waals surface area (Å²) < 4.78 is 1.69. The molecular weight excluding hydrogens is 356 g/mol. The van der Waals surface area contributed by atoms with Crippen molar-refractivity contribution in [2.45, 2.75) is 19.9 Å². The minimum atomic E-state index is -0.625. The van der Waals surface area contributed by atoms with Gasteiger partial charge in [0.05, 0.1) is 24.5 Å². The number of hydrogen-bond donors (Lipinski definition) is 4. The minimum absolute atomic E-state index is 0. The molecule has 2 amide bonds. The molecule has 1 aromatic heterocycles. The number of benzene rings is 1. The van der Waals surface area contributed by atoms with E-state index in [0.717, 1.165) is 11.4 Å². The SMILES string of the molecule is CC(C)[C@H](N)C(=O)NCC(=O)Nc1cccc(Nc2cnn(C)c2)c1.Cl. The van der Waals surface area contributed by atoms with Gasteiger partial charge in [-0.2, -0.15) is 5.10 Å². The maximum Gasteiger partial charge on any atom is 0.243 e. The summed E-state index contributed by atoms with van der Waals surface area (Å²) in [5.41, 5.74) is 8.03. The average molecular weight is 381 g/mol. The lowest BCUT2D eigenvalue weighted by Crippen LogP contribution is -2.46. The number of nitrogens with zero attached hydrogens (tertiary/aromatic N) is 2. The third kappa shape index (κ3) is 6.38. The topological polar surface area (TPSA) is 114 Å². The molecule has 9 heteroatoms. The predicted octanol–water partition coefficient (Wildman–Crippen LogP) is 1.62. The van der Waals surface area contributed by atoms with Crippen molar-refractivity contribution in [3.05, 3.63) is 36.7 Å². The standard InChI is InChI=1S/C17H24N6O2.ClH/c1-11(2)16(18)17(25)19-9-15(24)22-13-6-4-5-12(7-13)21-14-8-20-23(3)10-14;/h4-8,10-11,16,21H,9,18H2,1-3H3,(H,19,25)(H,22,24);1H/t16-;/m0./s1. The number of halogens is 1. The summed E-state index contributed by atoms with van der Waals surface area (Å²) in [5, 5.41) is 12.6. The number of hydrogen-bond acceptors (Lipinski definition) is 5. The molecule has 2 aromatic rings. The summed E-state index contributed by atoms with van der Waals surface area (Å²) in [6, 6.07) is 6.65. The number of rotatable bonds is 7. The Kier molecular flexibility index (Phi) is 8.08. The van der Waals surface area contributed by atoms with Gasteiger partial charge in [-0.15, -0.1) is 12.4 Å². The number of amides is 2. The van der Waals surface area contributed by atoms with E-state index in [-0.39, 0.29) is 36.7 Å². The summed E-state index contributed by atoms with van der Waals surface area (Å²) in [7, 11) is 1.83. The highest BCUT2D eigenvalue weighted by molar-refractivity contribution is 5.95. The fraction of sp³-hybridized carbons (Fsp3) is 0.353. The lowest BCUT2D eigenvalue weighted by Gasteiger charge is -2.15. The molecule has 8 nitrogen and oxygen atoms in total. The Morgan fingerprint density at radius 1 is 1.23 bits per heavy atom. The normalized spacial score (nSPS) is 11.4. The Hall–Kier alpha value is -2.58. The van der Waals surface area contributed by atoms with Gasteiger partial charge in [-0.1, -0.05) is 19.9 Å². The molecule has 0 radical (unpaired) electrons. The summed E-state index contributed by atoms with van der Waals surface area (Å²) in [6.07, 6.45) is 3.55. The first-order valence-corrected chi connectivity index (χ1v) is 8.04. The van der Waals surface area contributed by atoms with Crippen LogP contribution in [0, 0.1) is 5.92 Å². The van der Waals surface area contributed by atoms with Gasteiger partial charge in [0, 0.05) is 24.6 Å². The maximum atomic E-state index is 12.0. The number of nitrogens with one attached hydrogen (secondary N) is 3. The van der Waals surface area contributed by atoms with Crippen LogP contribution in [0.4, 0.5) is 17.1 Å². The highest BCUT2D eigenvalue weighted by Gasteiger charge is 2.17. The second kappa shape index (κ2) is 9.79. The zero-order valence-corrected chi connectivity index (χ0v) is 15.8. The van der Waals surface area contributed by atoms with Crippen molar-refractivity contribution < 1.29 is 9.59 Å². The highest BCUT2D eigenvalue weighted by Crippen LogP contribution is 2.19. The molecule has 1 aromatic carbocycles. The number of aromatic nitrogens is 2. The molecule has 0 aliphatic heterocycles. The van der Waals surface area contributed by atoms with Gasteiger partial charge in [0.2, 0.25) is 11.8 Å². The summed E-state index contributed by atoms with van der Waals surface area (Å²) in [5.74, 6) is -0.640. The number of aryl methyl sites for hydroxylation is 1. The van der Waals surface area contributed by atoms with Crippen LogP contribution in [0.3, 0.4) is 0 Å². The van der Waals surface area contributed by atoms with Crippen LogP contribution in [0.5, 0.6) is 0 Å². The van der Waals surface area contributed by atoms with E-state index in [1.54, 1.807) is 23.0 Å². The molecular formula is C17H25ClN6O2. The van der Waals surface area contributed by atoms with Crippen LogP contribution in [0.2, 0.25) is 0 Å². The first-order chi connectivity index (χ1) is 11.8. The molecule has 0 bridgehead atoms. The van der Waals surface area contributed by atoms with Gasteiger partial charge in [-0.25, -0.2) is 0 Å². The van der Waals surface area contributed by atoms with Crippen LogP contribution in [-0.2, 0) is 16.6 Å². The fourth-order valence-electron chi connectivity index (χ4n) is 2.12. The average Bonchev–Trinajstić information content (AvgIpc) is 2.97. The molecule has 0 saturated heterocycles. The molecule has 1 heterocycles. The Bertz CT molecular complexity index is 746. The molecule has 5 N–H and O–H groups in total. The van der Waals surface area contributed by atoms with Crippen LogP contribution < -0.4 is 21.7 Å². The smallest absolute Gasteiger partial charge is 0.243 e. The molecule has 0 aliphatic carbocycles. The van der Waals surface area contributed by atoms with Gasteiger partial charge in [0.15, 0.2) is 0 Å². The number of carbonyl (C=O) groups is 2. The van der Waals surface area contributed by atoms with Crippen molar-refractivity contribution in [3.8, 4) is 0 Å². The van der Waals surface area contributed by atoms with Crippen LogP contribution >= 0.6 is 12.4 Å². The van der Waals surface area contributed by atoms with E-state index in [0.29, 0.717) is 5.69 Å².